The van der Waals surface area contributed by atoms with Crippen LogP contribution in [0.2, 0.25) is 0 Å². The number of rotatable bonds is 8. The number of likely N-dealkylation sites (N-methyl/N-ethyl adjacent to an activating group) is 1. The maximum absolute atomic E-state index is 12.9. The maximum atomic E-state index is 12.9. The van der Waals surface area contributed by atoms with Gasteiger partial charge in [-0.05, 0) is 48.6 Å². The van der Waals surface area contributed by atoms with Crippen LogP contribution in [-0.2, 0) is 11.3 Å². The van der Waals surface area contributed by atoms with Gasteiger partial charge in [0.2, 0.25) is 5.91 Å². The summed E-state index contributed by atoms with van der Waals surface area (Å²) in [6, 6.07) is 11.8. The minimum atomic E-state index is -0.580. The molecule has 1 aliphatic rings. The van der Waals surface area contributed by atoms with Gasteiger partial charge in [-0.25, -0.2) is 9.97 Å². The third-order valence-electron chi connectivity index (χ3n) is 6.25. The Hall–Kier alpha value is -4.01. The number of nitrogens with zero attached hydrogens (tertiary/aromatic N) is 2. The van der Waals surface area contributed by atoms with E-state index in [1.165, 1.54) is 12.5 Å². The van der Waals surface area contributed by atoms with E-state index in [1.807, 2.05) is 24.3 Å². The normalized spacial score (nSPS) is 14.7. The van der Waals surface area contributed by atoms with E-state index in [0.717, 1.165) is 43.2 Å². The molecule has 1 atom stereocenters. The van der Waals surface area contributed by atoms with Gasteiger partial charge in [0, 0.05) is 25.4 Å². The van der Waals surface area contributed by atoms with Crippen molar-refractivity contribution in [2.24, 2.45) is 5.92 Å². The highest BCUT2D eigenvalue weighted by Crippen LogP contribution is 2.27. The molecule has 3 N–H and O–H groups in total. The zero-order chi connectivity index (χ0) is 24.6. The van der Waals surface area contributed by atoms with Crippen LogP contribution in [0.1, 0.15) is 58.7 Å². The smallest absolute Gasteiger partial charge is 0.287 e. The van der Waals surface area contributed by atoms with Crippen molar-refractivity contribution in [1.82, 2.24) is 25.9 Å². The summed E-state index contributed by atoms with van der Waals surface area (Å²) >= 11 is 0. The van der Waals surface area contributed by atoms with Crippen LogP contribution in [0.15, 0.2) is 59.4 Å². The molecule has 4 rings (SSSR count). The van der Waals surface area contributed by atoms with Crippen molar-refractivity contribution < 1.29 is 18.8 Å². The fraction of sp³-hybridized carbons (Fsp3) is 0.346. The zero-order valence-electron chi connectivity index (χ0n) is 19.6. The van der Waals surface area contributed by atoms with E-state index >= 15 is 0 Å². The Kier molecular flexibility index (Phi) is 7.87. The Bertz CT molecular complexity index is 1170. The highest BCUT2D eigenvalue weighted by atomic mass is 16.4. The van der Waals surface area contributed by atoms with Crippen molar-refractivity contribution in [3.8, 4) is 11.3 Å². The lowest BCUT2D eigenvalue weighted by molar-refractivity contribution is -0.124. The summed E-state index contributed by atoms with van der Waals surface area (Å²) in [5.41, 5.74) is 1.93. The predicted molar refractivity (Wildman–Crippen MR) is 129 cm³/mol. The van der Waals surface area contributed by atoms with Gasteiger partial charge in [0.05, 0.1) is 0 Å². The topological polar surface area (TPSA) is 126 Å². The molecular formula is C26H29N5O4. The van der Waals surface area contributed by atoms with Gasteiger partial charge in [-0.3, -0.25) is 14.4 Å². The van der Waals surface area contributed by atoms with Gasteiger partial charge in [-0.1, -0.05) is 37.5 Å². The van der Waals surface area contributed by atoms with Crippen molar-refractivity contribution in [2.75, 3.05) is 7.05 Å². The lowest BCUT2D eigenvalue weighted by Gasteiger charge is -2.29. The molecular weight excluding hydrogens is 446 g/mol. The van der Waals surface area contributed by atoms with E-state index in [-0.39, 0.29) is 23.5 Å². The van der Waals surface area contributed by atoms with Crippen molar-refractivity contribution in [2.45, 2.75) is 44.7 Å². The Balaban J connectivity index is 1.41. The predicted octanol–water partition coefficient (Wildman–Crippen LogP) is 3.09. The summed E-state index contributed by atoms with van der Waals surface area (Å²) in [6.07, 6.45) is 7.97. The molecule has 0 saturated heterocycles. The van der Waals surface area contributed by atoms with Crippen LogP contribution in [-0.4, -0.2) is 40.8 Å². The minimum absolute atomic E-state index is 0.122. The first-order valence-corrected chi connectivity index (χ1v) is 11.8. The molecule has 35 heavy (non-hydrogen) atoms. The number of carbonyl (C=O) groups is 3. The number of hydrogen-bond donors (Lipinski definition) is 3. The van der Waals surface area contributed by atoms with E-state index < -0.39 is 11.9 Å². The summed E-state index contributed by atoms with van der Waals surface area (Å²) in [5, 5.41) is 8.37. The first-order chi connectivity index (χ1) is 17.0. The average Bonchev–Trinajstić information content (AvgIpc) is 3.42. The molecule has 0 spiro atoms. The largest absolute Gasteiger partial charge is 0.451 e. The van der Waals surface area contributed by atoms with Crippen molar-refractivity contribution >= 4 is 17.7 Å². The van der Waals surface area contributed by atoms with E-state index in [2.05, 4.69) is 25.9 Å². The average molecular weight is 476 g/mol. The fourth-order valence-corrected chi connectivity index (χ4v) is 4.38. The number of benzene rings is 1. The molecule has 0 radical (unpaired) electrons. The van der Waals surface area contributed by atoms with E-state index in [9.17, 15) is 14.4 Å². The molecule has 1 aliphatic carbocycles. The van der Waals surface area contributed by atoms with Crippen LogP contribution in [0.3, 0.4) is 0 Å². The molecule has 1 fully saturated rings. The second kappa shape index (κ2) is 11.4. The maximum Gasteiger partial charge on any atom is 0.287 e. The second-order valence-corrected chi connectivity index (χ2v) is 8.61. The first-order valence-electron chi connectivity index (χ1n) is 11.8. The third kappa shape index (κ3) is 6.11. The molecule has 0 unspecified atom stereocenters. The van der Waals surface area contributed by atoms with E-state index in [4.69, 9.17) is 4.42 Å². The lowest BCUT2D eigenvalue weighted by atomic mass is 9.83. The molecule has 2 heterocycles. The first kappa shape index (κ1) is 24.1. The van der Waals surface area contributed by atoms with Crippen LogP contribution in [0, 0.1) is 5.92 Å². The Morgan fingerprint density at radius 1 is 1.06 bits per heavy atom. The van der Waals surface area contributed by atoms with Gasteiger partial charge < -0.3 is 20.4 Å². The standard InChI is InChI=1S/C26H29N5O4/c1-27-26(34)23(18-7-3-2-4-8-18)31-25(33)22-11-10-21(35-22)19-9-5-6-17(14-19)15-29-24(32)20-12-13-28-16-30-20/h5-6,9-14,16,18,23H,2-4,7-8,15H2,1H3,(H,27,34)(H,29,32)(H,31,33)/t23-/m0/s1. The lowest BCUT2D eigenvalue weighted by Crippen LogP contribution is -2.50. The summed E-state index contributed by atoms with van der Waals surface area (Å²) in [4.78, 5) is 45.3. The molecule has 2 aromatic heterocycles. The molecule has 9 heteroatoms. The Morgan fingerprint density at radius 2 is 1.89 bits per heavy atom. The quantitative estimate of drug-likeness (QED) is 0.460. The number of carbonyl (C=O) groups excluding carboxylic acids is 3. The van der Waals surface area contributed by atoms with Crippen LogP contribution >= 0.6 is 0 Å². The number of amides is 3. The van der Waals surface area contributed by atoms with Gasteiger partial charge in [-0.15, -0.1) is 0 Å². The van der Waals surface area contributed by atoms with Crippen molar-refractivity contribution in [1.29, 1.82) is 0 Å². The summed E-state index contributed by atoms with van der Waals surface area (Å²) in [6.45, 7) is 0.305. The van der Waals surface area contributed by atoms with Crippen LogP contribution in [0.5, 0.6) is 0 Å². The molecule has 0 bridgehead atoms. The molecule has 1 saturated carbocycles. The highest BCUT2D eigenvalue weighted by molar-refractivity contribution is 5.96. The molecule has 3 amide bonds. The second-order valence-electron chi connectivity index (χ2n) is 8.61. The molecule has 182 valence electrons. The summed E-state index contributed by atoms with van der Waals surface area (Å²) in [5.74, 6) is -0.104. The SMILES string of the molecule is CNC(=O)[C@@H](NC(=O)c1ccc(-c2cccc(CNC(=O)c3ccncn3)c2)o1)C1CCCCC1. The molecule has 1 aromatic carbocycles. The minimum Gasteiger partial charge on any atom is -0.451 e. The number of furan rings is 1. The number of nitrogens with one attached hydrogen (secondary N) is 3. The van der Waals surface area contributed by atoms with Crippen LogP contribution in [0.25, 0.3) is 11.3 Å². The fourth-order valence-electron chi connectivity index (χ4n) is 4.38. The number of aromatic nitrogens is 2. The number of hydrogen-bond acceptors (Lipinski definition) is 6. The van der Waals surface area contributed by atoms with Gasteiger partial charge in [0.25, 0.3) is 11.8 Å². The van der Waals surface area contributed by atoms with Crippen LogP contribution < -0.4 is 16.0 Å². The molecule has 0 aliphatic heterocycles. The van der Waals surface area contributed by atoms with E-state index in [0.29, 0.717) is 18.0 Å². The van der Waals surface area contributed by atoms with E-state index in [1.54, 1.807) is 25.2 Å². The van der Waals surface area contributed by atoms with Crippen molar-refractivity contribution in [3.05, 3.63) is 72.0 Å². The van der Waals surface area contributed by atoms with Crippen LogP contribution in [0.4, 0.5) is 0 Å². The van der Waals surface area contributed by atoms with Crippen molar-refractivity contribution in [3.63, 3.8) is 0 Å². The Labute approximate surface area is 203 Å². The summed E-state index contributed by atoms with van der Waals surface area (Å²) in [7, 11) is 1.58. The highest BCUT2D eigenvalue weighted by Gasteiger charge is 2.31. The third-order valence-corrected chi connectivity index (χ3v) is 6.25. The van der Waals surface area contributed by atoms with Gasteiger partial charge in [-0.2, -0.15) is 0 Å². The Morgan fingerprint density at radius 3 is 2.63 bits per heavy atom. The van der Waals surface area contributed by atoms with Gasteiger partial charge in [0.15, 0.2) is 5.76 Å². The zero-order valence-corrected chi connectivity index (χ0v) is 19.6. The molecule has 9 nitrogen and oxygen atoms in total. The monoisotopic (exact) mass is 475 g/mol. The van der Waals surface area contributed by atoms with Gasteiger partial charge >= 0.3 is 0 Å². The summed E-state index contributed by atoms with van der Waals surface area (Å²) < 4.78 is 5.83. The molecule has 3 aromatic rings. The van der Waals surface area contributed by atoms with Gasteiger partial charge in [0.1, 0.15) is 23.8 Å².